The predicted octanol–water partition coefficient (Wildman–Crippen LogP) is 4.05. The van der Waals surface area contributed by atoms with E-state index in [2.05, 4.69) is 51.7 Å². The highest BCUT2D eigenvalue weighted by Crippen LogP contribution is 2.45. The summed E-state index contributed by atoms with van der Waals surface area (Å²) in [5.41, 5.74) is 2.98. The molecular formula is C17H18N2S. The molecule has 1 saturated heterocycles. The lowest BCUT2D eigenvalue weighted by atomic mass is 9.82. The van der Waals surface area contributed by atoms with Gasteiger partial charge in [0.25, 0.3) is 0 Å². The number of hydrogen-bond donors (Lipinski definition) is 0. The Bertz CT molecular complexity index is 632. The second-order valence-electron chi connectivity index (χ2n) is 5.65. The first-order valence-electron chi connectivity index (χ1n) is 7.31. The molecule has 0 saturated carbocycles. The summed E-state index contributed by atoms with van der Waals surface area (Å²) in [6.07, 6.45) is 10.5. The van der Waals surface area contributed by atoms with Crippen LogP contribution in [-0.2, 0) is 12.1 Å². The number of benzene rings is 1. The molecule has 1 aromatic carbocycles. The van der Waals surface area contributed by atoms with Crippen molar-refractivity contribution in [3.63, 3.8) is 0 Å². The molecule has 0 amide bonds. The van der Waals surface area contributed by atoms with Gasteiger partial charge in [-0.3, -0.25) is 4.90 Å². The summed E-state index contributed by atoms with van der Waals surface area (Å²) in [5.74, 6) is 0. The minimum atomic E-state index is 0.112. The number of nitrogens with zero attached hydrogens (tertiary/aromatic N) is 2. The minimum absolute atomic E-state index is 0.112. The second kappa shape index (κ2) is 4.83. The third kappa shape index (κ3) is 1.85. The van der Waals surface area contributed by atoms with Crippen LogP contribution in [-0.4, -0.2) is 16.4 Å². The highest BCUT2D eigenvalue weighted by molar-refractivity contribution is 7.09. The Morgan fingerprint density at radius 3 is 3.10 bits per heavy atom. The van der Waals surface area contributed by atoms with Crippen molar-refractivity contribution in [3.8, 4) is 0 Å². The van der Waals surface area contributed by atoms with Crippen LogP contribution in [0.25, 0.3) is 6.08 Å². The lowest BCUT2D eigenvalue weighted by Crippen LogP contribution is -2.46. The van der Waals surface area contributed by atoms with Gasteiger partial charge < -0.3 is 0 Å². The molecule has 1 unspecified atom stereocenters. The van der Waals surface area contributed by atoms with Gasteiger partial charge in [-0.2, -0.15) is 0 Å². The van der Waals surface area contributed by atoms with E-state index >= 15 is 0 Å². The maximum absolute atomic E-state index is 4.47. The van der Waals surface area contributed by atoms with Crippen LogP contribution in [0.2, 0.25) is 0 Å². The molecule has 1 aliphatic heterocycles. The average Bonchev–Trinajstić information content (AvgIpc) is 3.11. The monoisotopic (exact) mass is 282 g/mol. The van der Waals surface area contributed by atoms with Crippen molar-refractivity contribution in [3.05, 3.63) is 58.1 Å². The zero-order valence-electron chi connectivity index (χ0n) is 11.5. The molecule has 102 valence electrons. The Kier molecular flexibility index (Phi) is 2.97. The molecule has 1 fully saturated rings. The van der Waals surface area contributed by atoms with Crippen molar-refractivity contribution in [2.24, 2.45) is 0 Å². The van der Waals surface area contributed by atoms with Crippen molar-refractivity contribution >= 4 is 17.4 Å². The fourth-order valence-corrected chi connectivity index (χ4v) is 4.25. The fraction of sp³-hybridized carbons (Fsp3) is 0.353. The van der Waals surface area contributed by atoms with Crippen LogP contribution in [0.15, 0.2) is 41.9 Å². The Hall–Kier alpha value is -1.45. The van der Waals surface area contributed by atoms with E-state index in [9.17, 15) is 0 Å². The third-order valence-corrected chi connectivity index (χ3v) is 5.34. The zero-order valence-corrected chi connectivity index (χ0v) is 12.3. The molecule has 1 spiro atoms. The quantitative estimate of drug-likeness (QED) is 0.826. The molecule has 2 nitrogen and oxygen atoms in total. The summed E-state index contributed by atoms with van der Waals surface area (Å²) in [4.78, 5) is 7.10. The van der Waals surface area contributed by atoms with E-state index in [-0.39, 0.29) is 5.54 Å². The Balaban J connectivity index is 1.73. The molecule has 0 radical (unpaired) electrons. The number of fused-ring (bicyclic) bond motifs is 2. The van der Waals surface area contributed by atoms with Gasteiger partial charge in [0.1, 0.15) is 5.01 Å². The Labute approximate surface area is 123 Å². The summed E-state index contributed by atoms with van der Waals surface area (Å²) < 4.78 is 0. The number of rotatable bonds is 2. The lowest BCUT2D eigenvalue weighted by Gasteiger charge is -2.44. The highest BCUT2D eigenvalue weighted by Gasteiger charge is 2.41. The molecule has 3 heteroatoms. The van der Waals surface area contributed by atoms with Gasteiger partial charge in [0.2, 0.25) is 0 Å². The third-order valence-electron chi connectivity index (χ3n) is 4.58. The average molecular weight is 282 g/mol. The van der Waals surface area contributed by atoms with E-state index in [0.29, 0.717) is 0 Å². The van der Waals surface area contributed by atoms with Gasteiger partial charge in [-0.15, -0.1) is 11.3 Å². The summed E-state index contributed by atoms with van der Waals surface area (Å²) in [6, 6.07) is 8.84. The number of aromatic nitrogens is 1. The van der Waals surface area contributed by atoms with Crippen molar-refractivity contribution in [2.75, 3.05) is 6.54 Å². The van der Waals surface area contributed by atoms with Gasteiger partial charge in [-0.05, 0) is 36.9 Å². The molecule has 2 aliphatic rings. The molecule has 1 aromatic heterocycles. The largest absolute Gasteiger partial charge is 0.284 e. The second-order valence-corrected chi connectivity index (χ2v) is 6.63. The van der Waals surface area contributed by atoms with Gasteiger partial charge >= 0.3 is 0 Å². The first-order valence-corrected chi connectivity index (χ1v) is 8.19. The maximum Gasteiger partial charge on any atom is 0.107 e. The van der Waals surface area contributed by atoms with Crippen LogP contribution >= 0.6 is 11.3 Å². The molecule has 0 bridgehead atoms. The van der Waals surface area contributed by atoms with Crippen molar-refractivity contribution in [1.29, 1.82) is 0 Å². The Morgan fingerprint density at radius 1 is 1.25 bits per heavy atom. The molecule has 0 N–H and O–H groups in total. The van der Waals surface area contributed by atoms with Crippen LogP contribution in [0.5, 0.6) is 0 Å². The van der Waals surface area contributed by atoms with Gasteiger partial charge in [-0.25, -0.2) is 4.98 Å². The highest BCUT2D eigenvalue weighted by atomic mass is 32.1. The smallest absolute Gasteiger partial charge is 0.107 e. The molecule has 2 aromatic rings. The van der Waals surface area contributed by atoms with E-state index in [1.807, 2.05) is 6.20 Å². The number of piperidine rings is 1. The van der Waals surface area contributed by atoms with Crippen LogP contribution in [0.4, 0.5) is 0 Å². The first kappa shape index (κ1) is 12.3. The molecule has 4 rings (SSSR count). The van der Waals surface area contributed by atoms with Crippen LogP contribution in [0, 0.1) is 0 Å². The van der Waals surface area contributed by atoms with E-state index in [0.717, 1.165) is 13.1 Å². The van der Waals surface area contributed by atoms with E-state index in [1.165, 1.54) is 35.4 Å². The van der Waals surface area contributed by atoms with Gasteiger partial charge in [-0.1, -0.05) is 36.4 Å². The summed E-state index contributed by atoms with van der Waals surface area (Å²) in [6.45, 7) is 2.13. The van der Waals surface area contributed by atoms with E-state index < -0.39 is 0 Å². The van der Waals surface area contributed by atoms with Crippen molar-refractivity contribution < 1.29 is 0 Å². The lowest BCUT2D eigenvalue weighted by molar-refractivity contribution is 0.0783. The van der Waals surface area contributed by atoms with Crippen molar-refractivity contribution in [2.45, 2.75) is 31.3 Å². The van der Waals surface area contributed by atoms with E-state index in [1.54, 1.807) is 11.3 Å². The van der Waals surface area contributed by atoms with Crippen molar-refractivity contribution in [1.82, 2.24) is 9.88 Å². The van der Waals surface area contributed by atoms with Gasteiger partial charge in [0.05, 0.1) is 12.1 Å². The van der Waals surface area contributed by atoms with Gasteiger partial charge in [0, 0.05) is 11.6 Å². The van der Waals surface area contributed by atoms with Crippen LogP contribution < -0.4 is 0 Å². The van der Waals surface area contributed by atoms with Crippen LogP contribution in [0.3, 0.4) is 0 Å². The van der Waals surface area contributed by atoms with Gasteiger partial charge in [0.15, 0.2) is 0 Å². The Morgan fingerprint density at radius 2 is 2.20 bits per heavy atom. The maximum atomic E-state index is 4.47. The molecule has 2 heterocycles. The number of likely N-dealkylation sites (tertiary alicyclic amines) is 1. The molecule has 1 aliphatic carbocycles. The first-order chi connectivity index (χ1) is 9.88. The summed E-state index contributed by atoms with van der Waals surface area (Å²) in [5, 5.41) is 3.30. The number of thiazole rings is 1. The topological polar surface area (TPSA) is 16.1 Å². The minimum Gasteiger partial charge on any atom is -0.284 e. The van der Waals surface area contributed by atoms with Crippen LogP contribution in [0.1, 0.15) is 35.4 Å². The molecule has 1 atom stereocenters. The molecular weight excluding hydrogens is 264 g/mol. The summed E-state index contributed by atoms with van der Waals surface area (Å²) >= 11 is 1.76. The standard InChI is InChI=1S/C17H18N2S/c1-2-6-15-14(5-1)7-9-17(15)8-3-4-11-19(17)13-16-18-10-12-20-16/h1-2,5-7,9-10,12H,3-4,8,11,13H2. The zero-order chi connectivity index (χ0) is 13.4. The van der Waals surface area contributed by atoms with E-state index in [4.69, 9.17) is 0 Å². The summed E-state index contributed by atoms with van der Waals surface area (Å²) in [7, 11) is 0. The number of hydrogen-bond acceptors (Lipinski definition) is 3. The SMILES string of the molecule is C1=CC2(CCCCN2Cc2nccs2)c2ccccc21. The normalized spacial score (nSPS) is 25.2. The molecule has 20 heavy (non-hydrogen) atoms. The predicted molar refractivity (Wildman–Crippen MR) is 83.5 cm³/mol. The fourth-order valence-electron chi connectivity index (χ4n) is 3.62.